The molecule has 0 aliphatic carbocycles. The van der Waals surface area contributed by atoms with Crippen LogP contribution in [0.4, 0.5) is 0 Å². The highest BCUT2D eigenvalue weighted by Crippen LogP contribution is 2.55. The summed E-state index contributed by atoms with van der Waals surface area (Å²) in [5.41, 5.74) is -0.373. The van der Waals surface area contributed by atoms with Crippen molar-refractivity contribution in [2.45, 2.75) is 55.7 Å². The summed E-state index contributed by atoms with van der Waals surface area (Å²) in [6.07, 6.45) is 0.00520. The molecule has 0 radical (unpaired) electrons. The lowest BCUT2D eigenvalue weighted by molar-refractivity contribution is -0.209. The molecule has 2 aliphatic heterocycles. The molecule has 36 heavy (non-hydrogen) atoms. The first kappa shape index (κ1) is 25.6. The van der Waals surface area contributed by atoms with Crippen LogP contribution < -0.4 is 10.1 Å². The van der Waals surface area contributed by atoms with Gasteiger partial charge in [0.1, 0.15) is 23.8 Å². The molecular formula is C26H28N2O7S. The molecule has 2 aromatic rings. The highest BCUT2D eigenvalue weighted by atomic mass is 32.2. The van der Waals surface area contributed by atoms with E-state index in [0.29, 0.717) is 5.75 Å². The second kappa shape index (κ2) is 9.85. The molecule has 0 bridgehead atoms. The van der Waals surface area contributed by atoms with Crippen molar-refractivity contribution < 1.29 is 33.4 Å². The maximum atomic E-state index is 13.4. The van der Waals surface area contributed by atoms with Crippen LogP contribution in [0.5, 0.6) is 5.75 Å². The summed E-state index contributed by atoms with van der Waals surface area (Å²) in [7, 11) is 1.56. The SMILES string of the molecule is COc1ccc(COC(=O)[C@@H]2N3C(=O)[C@](NC(=O)Cc4ccccc4)(OC(C)=O)[C@H]3SC2(C)C)cc1. The van der Waals surface area contributed by atoms with Gasteiger partial charge in [0.2, 0.25) is 5.91 Å². The van der Waals surface area contributed by atoms with Gasteiger partial charge in [0.15, 0.2) is 0 Å². The lowest BCUT2D eigenvalue weighted by Gasteiger charge is -2.51. The van der Waals surface area contributed by atoms with Crippen LogP contribution in [0.2, 0.25) is 0 Å². The molecule has 1 N–H and O–H groups in total. The number of carbonyl (C=O) groups excluding carboxylic acids is 4. The lowest BCUT2D eigenvalue weighted by Crippen LogP contribution is -2.81. The van der Waals surface area contributed by atoms with Gasteiger partial charge in [-0.2, -0.15) is 0 Å². The summed E-state index contributed by atoms with van der Waals surface area (Å²) in [6, 6.07) is 15.2. The van der Waals surface area contributed by atoms with E-state index >= 15 is 0 Å². The number of nitrogens with one attached hydrogen (secondary N) is 1. The van der Waals surface area contributed by atoms with Crippen LogP contribution in [0.15, 0.2) is 54.6 Å². The first-order valence-corrected chi connectivity index (χ1v) is 12.3. The Morgan fingerprint density at radius 3 is 2.31 bits per heavy atom. The second-order valence-corrected chi connectivity index (χ2v) is 10.9. The number of thioether (sulfide) groups is 1. The van der Waals surface area contributed by atoms with E-state index < -0.39 is 45.6 Å². The van der Waals surface area contributed by atoms with Gasteiger partial charge in [0.05, 0.1) is 13.5 Å². The van der Waals surface area contributed by atoms with Gasteiger partial charge < -0.3 is 24.4 Å². The van der Waals surface area contributed by atoms with Gasteiger partial charge in [-0.25, -0.2) is 4.79 Å². The van der Waals surface area contributed by atoms with E-state index in [1.165, 1.54) is 23.6 Å². The number of amides is 2. The molecule has 0 saturated carbocycles. The fourth-order valence-corrected chi connectivity index (χ4v) is 6.08. The number of hydrogen-bond acceptors (Lipinski definition) is 8. The quantitative estimate of drug-likeness (QED) is 0.326. The summed E-state index contributed by atoms with van der Waals surface area (Å²) in [5, 5.41) is 1.86. The topological polar surface area (TPSA) is 111 Å². The predicted molar refractivity (Wildman–Crippen MR) is 132 cm³/mol. The third kappa shape index (κ3) is 4.77. The first-order chi connectivity index (χ1) is 17.1. The number of β-lactam (4-membered cyclic amide) rings is 1. The van der Waals surface area contributed by atoms with E-state index in [0.717, 1.165) is 11.1 Å². The zero-order valence-electron chi connectivity index (χ0n) is 20.5. The molecule has 0 unspecified atom stereocenters. The van der Waals surface area contributed by atoms with E-state index in [1.54, 1.807) is 55.6 Å². The molecule has 3 atom stereocenters. The Labute approximate surface area is 213 Å². The number of nitrogens with zero attached hydrogens (tertiary/aromatic N) is 1. The Morgan fingerprint density at radius 2 is 1.69 bits per heavy atom. The molecule has 2 heterocycles. The summed E-state index contributed by atoms with van der Waals surface area (Å²) in [4.78, 5) is 52.7. The Morgan fingerprint density at radius 1 is 1.03 bits per heavy atom. The van der Waals surface area contributed by atoms with Crippen molar-refractivity contribution in [2.24, 2.45) is 0 Å². The average Bonchev–Trinajstić information content (AvgIpc) is 3.11. The summed E-state index contributed by atoms with van der Waals surface area (Å²) >= 11 is 1.28. The van der Waals surface area contributed by atoms with Gasteiger partial charge >= 0.3 is 11.9 Å². The maximum Gasteiger partial charge on any atom is 0.330 e. The highest BCUT2D eigenvalue weighted by molar-refractivity contribution is 8.01. The maximum absolute atomic E-state index is 13.4. The molecule has 2 fully saturated rings. The second-order valence-electron chi connectivity index (χ2n) is 9.18. The monoisotopic (exact) mass is 512 g/mol. The van der Waals surface area contributed by atoms with Gasteiger partial charge in [-0.05, 0) is 37.1 Å². The third-order valence-electron chi connectivity index (χ3n) is 6.11. The number of carbonyl (C=O) groups is 4. The normalized spacial score (nSPS) is 23.8. The zero-order valence-corrected chi connectivity index (χ0v) is 21.3. The average molecular weight is 513 g/mol. The van der Waals surface area contributed by atoms with Gasteiger partial charge in [-0.15, -0.1) is 11.8 Å². The largest absolute Gasteiger partial charge is 0.497 e. The van der Waals surface area contributed by atoms with Crippen molar-refractivity contribution >= 4 is 35.5 Å². The van der Waals surface area contributed by atoms with E-state index in [9.17, 15) is 19.2 Å². The van der Waals surface area contributed by atoms with E-state index in [4.69, 9.17) is 14.2 Å². The zero-order chi connectivity index (χ0) is 26.1. The number of ether oxygens (including phenoxy) is 3. The molecular weight excluding hydrogens is 484 g/mol. The van der Waals surface area contributed by atoms with Crippen LogP contribution in [0.1, 0.15) is 31.9 Å². The molecule has 0 spiro atoms. The summed E-state index contributed by atoms with van der Waals surface area (Å²) < 4.78 is 15.4. The van der Waals surface area contributed by atoms with Crippen LogP contribution in [-0.4, -0.2) is 57.7 Å². The number of fused-ring (bicyclic) bond motifs is 1. The standard InChI is InChI=1S/C26H28N2O7S/c1-16(29)35-26(27-20(30)14-17-8-6-5-7-9-17)23(32)28-21(25(2,3)36-24(26)28)22(31)34-15-18-10-12-19(33-4)13-11-18/h5-13,21,24H,14-15H2,1-4H3,(H,27,30)/t21-,24+,26-/m0/s1. The Bertz CT molecular complexity index is 1170. The molecule has 2 saturated heterocycles. The molecule has 9 nitrogen and oxygen atoms in total. The third-order valence-corrected chi connectivity index (χ3v) is 7.72. The van der Waals surface area contributed by atoms with Gasteiger partial charge in [0.25, 0.3) is 11.6 Å². The Balaban J connectivity index is 1.50. The van der Waals surface area contributed by atoms with Crippen LogP contribution >= 0.6 is 11.8 Å². The summed E-state index contributed by atoms with van der Waals surface area (Å²) in [6.45, 7) is 4.82. The van der Waals surface area contributed by atoms with E-state index in [1.807, 2.05) is 19.9 Å². The molecule has 190 valence electrons. The van der Waals surface area contributed by atoms with Crippen molar-refractivity contribution in [3.05, 3.63) is 65.7 Å². The predicted octanol–water partition coefficient (Wildman–Crippen LogP) is 2.42. The fraction of sp³-hybridized carbons (Fsp3) is 0.385. The van der Waals surface area contributed by atoms with E-state index in [2.05, 4.69) is 5.32 Å². The lowest BCUT2D eigenvalue weighted by atomic mass is 9.93. The highest BCUT2D eigenvalue weighted by Gasteiger charge is 2.74. The molecule has 2 amide bonds. The molecule has 2 aromatic carbocycles. The van der Waals surface area contributed by atoms with Crippen LogP contribution in [0.25, 0.3) is 0 Å². The minimum atomic E-state index is -1.88. The minimum absolute atomic E-state index is 0.00520. The Hall–Kier alpha value is -3.53. The van der Waals surface area contributed by atoms with E-state index in [-0.39, 0.29) is 13.0 Å². The van der Waals surface area contributed by atoms with Crippen molar-refractivity contribution in [1.82, 2.24) is 10.2 Å². The first-order valence-electron chi connectivity index (χ1n) is 11.4. The van der Waals surface area contributed by atoms with Crippen molar-refractivity contribution in [1.29, 1.82) is 0 Å². The summed E-state index contributed by atoms with van der Waals surface area (Å²) in [5.74, 6) is -1.74. The number of hydrogen-bond donors (Lipinski definition) is 1. The molecule has 0 aromatic heterocycles. The Kier molecular flexibility index (Phi) is 6.99. The fourth-order valence-electron chi connectivity index (χ4n) is 4.46. The van der Waals surface area contributed by atoms with Crippen LogP contribution in [0, 0.1) is 0 Å². The minimum Gasteiger partial charge on any atom is -0.497 e. The number of esters is 2. The molecule has 2 aliphatic rings. The van der Waals surface area contributed by atoms with Gasteiger partial charge in [-0.1, -0.05) is 42.5 Å². The number of benzene rings is 2. The van der Waals surface area contributed by atoms with Gasteiger partial charge in [0, 0.05) is 11.7 Å². The van der Waals surface area contributed by atoms with Crippen molar-refractivity contribution in [2.75, 3.05) is 7.11 Å². The number of rotatable bonds is 8. The molecule has 4 rings (SSSR count). The smallest absolute Gasteiger partial charge is 0.330 e. The van der Waals surface area contributed by atoms with Crippen LogP contribution in [-0.2, 0) is 41.7 Å². The van der Waals surface area contributed by atoms with Crippen LogP contribution in [0.3, 0.4) is 0 Å². The molecule has 10 heteroatoms. The van der Waals surface area contributed by atoms with Crippen molar-refractivity contribution in [3.8, 4) is 5.75 Å². The van der Waals surface area contributed by atoms with Gasteiger partial charge in [-0.3, -0.25) is 14.4 Å². The van der Waals surface area contributed by atoms with Crippen molar-refractivity contribution in [3.63, 3.8) is 0 Å². The number of methoxy groups -OCH3 is 1.